The predicted octanol–water partition coefficient (Wildman–Crippen LogP) is 5.41. The maximum absolute atomic E-state index is 12.0. The summed E-state index contributed by atoms with van der Waals surface area (Å²) in [5.74, 6) is -0.145. The Morgan fingerprint density at radius 3 is 1.74 bits per heavy atom. The fraction of sp³-hybridized carbons (Fsp3) is 0.885. The molecule has 31 heavy (non-hydrogen) atoms. The highest BCUT2D eigenvalue weighted by Gasteiger charge is 2.18. The van der Waals surface area contributed by atoms with Crippen molar-refractivity contribution in [1.82, 2.24) is 5.32 Å². The molecular weight excluding hydrogens is 390 g/mol. The number of nitrogens with one attached hydrogen (secondary N) is 1. The molecule has 3 atom stereocenters. The molecule has 0 radical (unpaired) electrons. The van der Waals surface area contributed by atoms with Crippen molar-refractivity contribution in [1.29, 1.82) is 0 Å². The van der Waals surface area contributed by atoms with Crippen molar-refractivity contribution in [3.63, 3.8) is 0 Å². The molecule has 0 aromatic heterocycles. The summed E-state index contributed by atoms with van der Waals surface area (Å²) in [5.41, 5.74) is 0. The van der Waals surface area contributed by atoms with Crippen molar-refractivity contribution in [2.75, 3.05) is 6.61 Å². The van der Waals surface area contributed by atoms with Crippen molar-refractivity contribution in [2.24, 2.45) is 0 Å². The van der Waals surface area contributed by atoms with Crippen molar-refractivity contribution in [3.8, 4) is 0 Å². The van der Waals surface area contributed by atoms with Crippen LogP contribution in [-0.4, -0.2) is 46.1 Å². The number of unbranched alkanes of at least 4 members (excludes halogenated alkanes) is 13. The van der Waals surface area contributed by atoms with Gasteiger partial charge in [-0.3, -0.25) is 4.79 Å². The van der Waals surface area contributed by atoms with Gasteiger partial charge in [-0.25, -0.2) is 0 Å². The lowest BCUT2D eigenvalue weighted by molar-refractivity contribution is -0.123. The van der Waals surface area contributed by atoms with E-state index in [0.29, 0.717) is 12.8 Å². The minimum absolute atomic E-state index is 0.145. The Balaban J connectivity index is 3.88. The van der Waals surface area contributed by atoms with E-state index >= 15 is 0 Å². The SMILES string of the molecule is CCCCCCCCCCCC[C@@H](O)/C=C/[C@@H](O)[C@H](CO)NC(=O)CCCCCCC. The smallest absolute Gasteiger partial charge is 0.220 e. The molecule has 0 aliphatic rings. The second-order valence-corrected chi connectivity index (χ2v) is 8.93. The van der Waals surface area contributed by atoms with Gasteiger partial charge in [0.2, 0.25) is 5.91 Å². The Morgan fingerprint density at radius 2 is 1.23 bits per heavy atom. The highest BCUT2D eigenvalue weighted by Crippen LogP contribution is 2.12. The van der Waals surface area contributed by atoms with E-state index in [-0.39, 0.29) is 12.5 Å². The van der Waals surface area contributed by atoms with Crippen LogP contribution in [0.4, 0.5) is 0 Å². The summed E-state index contributed by atoms with van der Waals surface area (Å²) >= 11 is 0. The minimum atomic E-state index is -1.00. The molecule has 0 fully saturated rings. The van der Waals surface area contributed by atoms with Gasteiger partial charge in [-0.15, -0.1) is 0 Å². The quantitative estimate of drug-likeness (QED) is 0.133. The zero-order chi connectivity index (χ0) is 23.2. The van der Waals surface area contributed by atoms with Crippen molar-refractivity contribution >= 4 is 5.91 Å². The number of rotatable bonds is 22. The van der Waals surface area contributed by atoms with Gasteiger partial charge < -0.3 is 20.6 Å². The van der Waals surface area contributed by atoms with Crippen molar-refractivity contribution in [3.05, 3.63) is 12.2 Å². The standard InChI is InChI=1S/C26H51NO4/c1-3-5-7-9-10-11-12-13-15-16-18-23(29)20-21-25(30)24(22-28)27-26(31)19-17-14-8-6-4-2/h20-21,23-25,28-30H,3-19,22H2,1-2H3,(H,27,31)/b21-20+/t23-,24+,25-/m1/s1. The third kappa shape index (κ3) is 19.5. The maximum Gasteiger partial charge on any atom is 0.220 e. The van der Waals surface area contributed by atoms with Crippen LogP contribution in [-0.2, 0) is 4.79 Å². The van der Waals surface area contributed by atoms with Gasteiger partial charge in [0.25, 0.3) is 0 Å². The first-order chi connectivity index (χ1) is 15.0. The second kappa shape index (κ2) is 22.3. The number of carbonyl (C=O) groups is 1. The minimum Gasteiger partial charge on any atom is -0.394 e. The molecule has 5 heteroatoms. The lowest BCUT2D eigenvalue weighted by Gasteiger charge is -2.20. The summed E-state index contributed by atoms with van der Waals surface area (Å²) in [6.45, 7) is 4.06. The first kappa shape index (κ1) is 30.1. The molecule has 0 aliphatic heterocycles. The second-order valence-electron chi connectivity index (χ2n) is 8.93. The normalized spacial score (nSPS) is 14.6. The van der Waals surface area contributed by atoms with Crippen LogP contribution in [0, 0.1) is 0 Å². The molecule has 0 saturated heterocycles. The third-order valence-electron chi connectivity index (χ3n) is 5.85. The highest BCUT2D eigenvalue weighted by atomic mass is 16.3. The van der Waals surface area contributed by atoms with Gasteiger partial charge in [-0.05, 0) is 12.8 Å². The van der Waals surface area contributed by atoms with E-state index in [1.54, 1.807) is 6.08 Å². The number of aliphatic hydroxyl groups is 3. The predicted molar refractivity (Wildman–Crippen MR) is 130 cm³/mol. The number of hydrogen-bond donors (Lipinski definition) is 4. The number of amides is 1. The van der Waals surface area contributed by atoms with E-state index in [1.165, 1.54) is 70.3 Å². The van der Waals surface area contributed by atoms with Crippen LogP contribution in [0.2, 0.25) is 0 Å². The van der Waals surface area contributed by atoms with E-state index in [4.69, 9.17) is 0 Å². The molecular formula is C26H51NO4. The molecule has 0 unspecified atom stereocenters. The van der Waals surface area contributed by atoms with Crippen LogP contribution in [0.25, 0.3) is 0 Å². The molecule has 184 valence electrons. The summed E-state index contributed by atoms with van der Waals surface area (Å²) in [5, 5.41) is 32.5. The van der Waals surface area contributed by atoms with Crippen LogP contribution in [0.15, 0.2) is 12.2 Å². The fourth-order valence-electron chi connectivity index (χ4n) is 3.72. The molecule has 0 heterocycles. The molecule has 0 aromatic rings. The van der Waals surface area contributed by atoms with Crippen LogP contribution in [0.1, 0.15) is 123 Å². The Bertz CT molecular complexity index is 428. The van der Waals surface area contributed by atoms with Crippen LogP contribution >= 0.6 is 0 Å². The maximum atomic E-state index is 12.0. The molecule has 0 aromatic carbocycles. The Hall–Kier alpha value is -0.910. The van der Waals surface area contributed by atoms with Gasteiger partial charge in [0.1, 0.15) is 0 Å². The van der Waals surface area contributed by atoms with E-state index in [0.717, 1.165) is 32.1 Å². The van der Waals surface area contributed by atoms with Gasteiger partial charge in [0.15, 0.2) is 0 Å². The van der Waals surface area contributed by atoms with E-state index in [1.807, 2.05) is 0 Å². The monoisotopic (exact) mass is 441 g/mol. The number of carbonyl (C=O) groups excluding carboxylic acids is 1. The molecule has 0 bridgehead atoms. The average molecular weight is 442 g/mol. The van der Waals surface area contributed by atoms with Crippen LogP contribution < -0.4 is 5.32 Å². The lowest BCUT2D eigenvalue weighted by Crippen LogP contribution is -2.45. The largest absolute Gasteiger partial charge is 0.394 e. The zero-order valence-corrected chi connectivity index (χ0v) is 20.4. The summed E-state index contributed by atoms with van der Waals surface area (Å²) in [4.78, 5) is 12.0. The van der Waals surface area contributed by atoms with Gasteiger partial charge in [0.05, 0.1) is 24.9 Å². The van der Waals surface area contributed by atoms with Gasteiger partial charge in [0, 0.05) is 6.42 Å². The van der Waals surface area contributed by atoms with E-state index in [9.17, 15) is 20.1 Å². The highest BCUT2D eigenvalue weighted by molar-refractivity contribution is 5.76. The summed E-state index contributed by atoms with van der Waals surface area (Å²) in [6, 6.07) is -0.732. The molecule has 0 spiro atoms. The molecule has 4 N–H and O–H groups in total. The first-order valence-corrected chi connectivity index (χ1v) is 13.0. The van der Waals surface area contributed by atoms with Gasteiger partial charge >= 0.3 is 0 Å². The summed E-state index contributed by atoms with van der Waals surface area (Å²) < 4.78 is 0. The van der Waals surface area contributed by atoms with Crippen molar-refractivity contribution in [2.45, 2.75) is 141 Å². The average Bonchev–Trinajstić information content (AvgIpc) is 2.76. The van der Waals surface area contributed by atoms with E-state index in [2.05, 4.69) is 19.2 Å². The Kier molecular flexibility index (Phi) is 21.6. The van der Waals surface area contributed by atoms with E-state index < -0.39 is 18.2 Å². The Labute approximate surface area is 191 Å². The summed E-state index contributed by atoms with van der Waals surface area (Å²) in [6.07, 6.45) is 20.5. The number of aliphatic hydroxyl groups excluding tert-OH is 3. The lowest BCUT2D eigenvalue weighted by atomic mass is 10.0. The van der Waals surface area contributed by atoms with Crippen molar-refractivity contribution < 1.29 is 20.1 Å². The topological polar surface area (TPSA) is 89.8 Å². The van der Waals surface area contributed by atoms with Gasteiger partial charge in [-0.1, -0.05) is 116 Å². The fourth-order valence-corrected chi connectivity index (χ4v) is 3.72. The Morgan fingerprint density at radius 1 is 0.742 bits per heavy atom. The van der Waals surface area contributed by atoms with Crippen LogP contribution in [0.3, 0.4) is 0 Å². The molecule has 0 saturated carbocycles. The molecule has 0 aliphatic carbocycles. The van der Waals surface area contributed by atoms with Crippen LogP contribution in [0.5, 0.6) is 0 Å². The molecule has 1 amide bonds. The van der Waals surface area contributed by atoms with Gasteiger partial charge in [-0.2, -0.15) is 0 Å². The third-order valence-corrected chi connectivity index (χ3v) is 5.85. The zero-order valence-electron chi connectivity index (χ0n) is 20.4. The molecule has 0 rings (SSSR count). The molecule has 5 nitrogen and oxygen atoms in total. The first-order valence-electron chi connectivity index (χ1n) is 13.0. The number of hydrogen-bond acceptors (Lipinski definition) is 4. The summed E-state index contributed by atoms with van der Waals surface area (Å²) in [7, 11) is 0.